The van der Waals surface area contributed by atoms with Gasteiger partial charge in [0.2, 0.25) is 5.91 Å². The summed E-state index contributed by atoms with van der Waals surface area (Å²) in [6.07, 6.45) is -1.90. The minimum Gasteiger partial charge on any atom is -0.493 e. The summed E-state index contributed by atoms with van der Waals surface area (Å²) in [5.41, 5.74) is 1.45. The van der Waals surface area contributed by atoms with E-state index in [0.717, 1.165) is 29.7 Å². The SMILES string of the molecule is CCCCCOc1c(C(N2NC(=O)CC2(C)C)C(F)(F)F)ccc2ccccc12. The van der Waals surface area contributed by atoms with Gasteiger partial charge in [-0.1, -0.05) is 56.2 Å². The maximum Gasteiger partial charge on any atom is 0.410 e. The number of hydrogen-bond acceptors (Lipinski definition) is 3. The minimum atomic E-state index is -4.60. The molecule has 7 heteroatoms. The molecule has 4 nitrogen and oxygen atoms in total. The second-order valence-corrected chi connectivity index (χ2v) is 8.10. The van der Waals surface area contributed by atoms with Crippen LogP contribution in [0.5, 0.6) is 5.75 Å². The number of halogens is 3. The number of amides is 1. The predicted molar refractivity (Wildman–Crippen MR) is 106 cm³/mol. The zero-order chi connectivity index (χ0) is 21.2. The number of ether oxygens (including phenoxy) is 1. The Morgan fingerprint density at radius 1 is 1.17 bits per heavy atom. The summed E-state index contributed by atoms with van der Waals surface area (Å²) in [6, 6.07) is 8.39. The highest BCUT2D eigenvalue weighted by atomic mass is 19.4. The molecule has 1 atom stereocenters. The third kappa shape index (κ3) is 4.50. The number of carbonyl (C=O) groups excluding carboxylic acids is 1. The van der Waals surface area contributed by atoms with Crippen molar-refractivity contribution in [3.05, 3.63) is 42.0 Å². The van der Waals surface area contributed by atoms with Gasteiger partial charge in [0.1, 0.15) is 5.75 Å². The summed E-state index contributed by atoms with van der Waals surface area (Å²) >= 11 is 0. The number of unbranched alkanes of at least 4 members (excludes halogenated alkanes) is 2. The molecule has 1 aliphatic rings. The second kappa shape index (κ2) is 8.22. The van der Waals surface area contributed by atoms with Gasteiger partial charge in [-0.2, -0.15) is 18.2 Å². The molecule has 1 amide bonds. The van der Waals surface area contributed by atoms with Crippen LogP contribution in [0.15, 0.2) is 36.4 Å². The lowest BCUT2D eigenvalue weighted by Crippen LogP contribution is -2.51. The molecular formula is C22H27F3N2O2. The molecular weight excluding hydrogens is 381 g/mol. The van der Waals surface area contributed by atoms with Gasteiger partial charge in [0.05, 0.1) is 6.61 Å². The van der Waals surface area contributed by atoms with Crippen LogP contribution in [0.1, 0.15) is 58.1 Å². The summed E-state index contributed by atoms with van der Waals surface area (Å²) in [5.74, 6) is -0.186. The lowest BCUT2D eigenvalue weighted by molar-refractivity contribution is -0.204. The van der Waals surface area contributed by atoms with Crippen LogP contribution in [0.3, 0.4) is 0 Å². The molecule has 0 aliphatic carbocycles. The van der Waals surface area contributed by atoms with Gasteiger partial charge in [0, 0.05) is 22.9 Å². The van der Waals surface area contributed by atoms with Crippen molar-refractivity contribution in [2.24, 2.45) is 0 Å². The molecule has 1 saturated heterocycles. The monoisotopic (exact) mass is 408 g/mol. The molecule has 0 spiro atoms. The van der Waals surface area contributed by atoms with E-state index in [-0.39, 0.29) is 17.7 Å². The van der Waals surface area contributed by atoms with E-state index in [1.165, 1.54) is 6.07 Å². The number of nitrogens with one attached hydrogen (secondary N) is 1. The smallest absolute Gasteiger partial charge is 0.410 e. The van der Waals surface area contributed by atoms with Crippen molar-refractivity contribution in [3.8, 4) is 5.75 Å². The molecule has 1 heterocycles. The molecule has 0 radical (unpaired) electrons. The highest BCUT2D eigenvalue weighted by molar-refractivity contribution is 5.90. The lowest BCUT2D eigenvalue weighted by Gasteiger charge is -2.38. The van der Waals surface area contributed by atoms with Gasteiger partial charge in [-0.05, 0) is 25.7 Å². The second-order valence-electron chi connectivity index (χ2n) is 8.10. The Labute approximate surface area is 169 Å². The molecule has 1 aliphatic heterocycles. The van der Waals surface area contributed by atoms with E-state index < -0.39 is 23.7 Å². The highest BCUT2D eigenvalue weighted by Gasteiger charge is 2.54. The number of alkyl halides is 3. The first-order chi connectivity index (χ1) is 13.6. The van der Waals surface area contributed by atoms with Gasteiger partial charge in [-0.25, -0.2) is 0 Å². The van der Waals surface area contributed by atoms with Crippen LogP contribution in [-0.2, 0) is 4.79 Å². The molecule has 3 rings (SSSR count). The van der Waals surface area contributed by atoms with E-state index in [9.17, 15) is 18.0 Å². The van der Waals surface area contributed by atoms with E-state index in [1.807, 2.05) is 12.1 Å². The molecule has 0 saturated carbocycles. The molecule has 1 unspecified atom stereocenters. The van der Waals surface area contributed by atoms with E-state index in [2.05, 4.69) is 12.3 Å². The molecule has 0 aromatic heterocycles. The van der Waals surface area contributed by atoms with Gasteiger partial charge < -0.3 is 4.74 Å². The van der Waals surface area contributed by atoms with Crippen molar-refractivity contribution in [1.29, 1.82) is 0 Å². The highest BCUT2D eigenvalue weighted by Crippen LogP contribution is 2.47. The first kappa shape index (κ1) is 21.4. The van der Waals surface area contributed by atoms with Crippen LogP contribution < -0.4 is 10.2 Å². The maximum absolute atomic E-state index is 14.3. The zero-order valence-electron chi connectivity index (χ0n) is 17.0. The molecule has 1 fully saturated rings. The Morgan fingerprint density at radius 3 is 2.52 bits per heavy atom. The van der Waals surface area contributed by atoms with Crippen LogP contribution >= 0.6 is 0 Å². The average molecular weight is 408 g/mol. The molecule has 1 N–H and O–H groups in total. The molecule has 29 heavy (non-hydrogen) atoms. The summed E-state index contributed by atoms with van der Waals surface area (Å²) < 4.78 is 48.9. The molecule has 2 aromatic carbocycles. The molecule has 158 valence electrons. The van der Waals surface area contributed by atoms with Crippen molar-refractivity contribution < 1.29 is 22.7 Å². The minimum absolute atomic E-state index is 0.000147. The third-order valence-electron chi connectivity index (χ3n) is 5.26. The van der Waals surface area contributed by atoms with Crippen molar-refractivity contribution >= 4 is 16.7 Å². The topological polar surface area (TPSA) is 41.6 Å². The van der Waals surface area contributed by atoms with E-state index in [4.69, 9.17) is 4.74 Å². The van der Waals surface area contributed by atoms with Crippen molar-refractivity contribution in [1.82, 2.24) is 10.4 Å². The maximum atomic E-state index is 14.3. The third-order valence-corrected chi connectivity index (χ3v) is 5.26. The number of hydrogen-bond donors (Lipinski definition) is 1. The number of hydrazine groups is 1. The Kier molecular flexibility index (Phi) is 6.08. The van der Waals surface area contributed by atoms with Gasteiger partial charge in [0.25, 0.3) is 0 Å². The lowest BCUT2D eigenvalue weighted by atomic mass is 9.94. The van der Waals surface area contributed by atoms with E-state index in [0.29, 0.717) is 12.0 Å². The van der Waals surface area contributed by atoms with Crippen LogP contribution in [-0.4, -0.2) is 29.2 Å². The summed E-state index contributed by atoms with van der Waals surface area (Å²) in [5, 5.41) is 2.48. The average Bonchev–Trinajstić information content (AvgIpc) is 2.90. The van der Waals surface area contributed by atoms with E-state index >= 15 is 0 Å². The van der Waals surface area contributed by atoms with Crippen LogP contribution in [0.2, 0.25) is 0 Å². The van der Waals surface area contributed by atoms with Crippen molar-refractivity contribution in [2.45, 2.75) is 64.2 Å². The summed E-state index contributed by atoms with van der Waals surface area (Å²) in [4.78, 5) is 11.9. The first-order valence-corrected chi connectivity index (χ1v) is 9.95. The Bertz CT molecular complexity index is 880. The number of carbonyl (C=O) groups is 1. The van der Waals surface area contributed by atoms with Crippen LogP contribution in [0.4, 0.5) is 13.2 Å². The first-order valence-electron chi connectivity index (χ1n) is 9.95. The fraction of sp³-hybridized carbons (Fsp3) is 0.500. The standard InChI is InChI=1S/C22H27F3N2O2/c1-4-5-8-13-29-19-16-10-7-6-9-15(16)11-12-17(19)20(22(23,24)25)27-21(2,3)14-18(28)26-27/h6-7,9-12,20H,4-5,8,13-14H2,1-3H3,(H,26,28). The van der Waals surface area contributed by atoms with Crippen LogP contribution in [0.25, 0.3) is 10.8 Å². The molecule has 0 bridgehead atoms. The quantitative estimate of drug-likeness (QED) is 0.613. The Balaban J connectivity index is 2.12. The number of fused-ring (bicyclic) bond motifs is 1. The van der Waals surface area contributed by atoms with Crippen molar-refractivity contribution in [2.75, 3.05) is 6.61 Å². The van der Waals surface area contributed by atoms with Crippen LogP contribution in [0, 0.1) is 0 Å². The van der Waals surface area contributed by atoms with Crippen molar-refractivity contribution in [3.63, 3.8) is 0 Å². The fourth-order valence-electron chi connectivity index (χ4n) is 3.84. The predicted octanol–water partition coefficient (Wildman–Crippen LogP) is 5.53. The molecule has 2 aromatic rings. The summed E-state index contributed by atoms with van der Waals surface area (Å²) in [7, 11) is 0. The van der Waals surface area contributed by atoms with Gasteiger partial charge in [0.15, 0.2) is 6.04 Å². The Morgan fingerprint density at radius 2 is 1.90 bits per heavy atom. The fourth-order valence-corrected chi connectivity index (χ4v) is 3.84. The number of nitrogens with zero attached hydrogens (tertiary/aromatic N) is 1. The number of rotatable bonds is 7. The largest absolute Gasteiger partial charge is 0.493 e. The Hall–Kier alpha value is -2.28. The normalized spacial score (nSPS) is 18.1. The summed E-state index contributed by atoms with van der Waals surface area (Å²) in [6.45, 7) is 5.66. The number of benzene rings is 2. The van der Waals surface area contributed by atoms with Gasteiger partial charge >= 0.3 is 6.18 Å². The van der Waals surface area contributed by atoms with Gasteiger partial charge in [-0.3, -0.25) is 10.2 Å². The zero-order valence-corrected chi connectivity index (χ0v) is 17.0. The van der Waals surface area contributed by atoms with Gasteiger partial charge in [-0.15, -0.1) is 0 Å². The van der Waals surface area contributed by atoms with E-state index in [1.54, 1.807) is 32.0 Å².